The average Bonchev–Trinajstić information content (AvgIpc) is 3.58. The van der Waals surface area contributed by atoms with Crippen LogP contribution in [0.25, 0.3) is 11.1 Å². The highest BCUT2D eigenvalue weighted by Crippen LogP contribution is 2.44. The summed E-state index contributed by atoms with van der Waals surface area (Å²) >= 11 is 2.89. The van der Waals surface area contributed by atoms with Crippen LogP contribution in [0.4, 0.5) is 4.79 Å². The van der Waals surface area contributed by atoms with Gasteiger partial charge in [0.05, 0.1) is 6.04 Å². The largest absolute Gasteiger partial charge is 0.481 e. The van der Waals surface area contributed by atoms with Crippen LogP contribution in [0.1, 0.15) is 40.1 Å². The lowest BCUT2D eigenvalue weighted by molar-refractivity contribution is -0.139. The molecule has 2 aromatic carbocycles. The zero-order chi connectivity index (χ0) is 22.8. The van der Waals surface area contributed by atoms with Gasteiger partial charge in [-0.2, -0.15) is 22.7 Å². The predicted molar refractivity (Wildman–Crippen MR) is 130 cm³/mol. The Morgan fingerprint density at radius 2 is 1.45 bits per heavy atom. The maximum absolute atomic E-state index is 12.9. The molecule has 0 radical (unpaired) electrons. The SMILES string of the molecule is O=C(NC(c1ccsc1)C(C(=O)O)c1ccsc1)OCC1c2ccccc2-c2ccccc21. The lowest BCUT2D eigenvalue weighted by atomic mass is 9.90. The fraction of sp³-hybridized carbons (Fsp3) is 0.154. The number of carbonyl (C=O) groups is 2. The quantitative estimate of drug-likeness (QED) is 0.331. The van der Waals surface area contributed by atoms with Crippen LogP contribution in [0, 0.1) is 0 Å². The van der Waals surface area contributed by atoms with E-state index in [0.717, 1.165) is 27.8 Å². The smallest absolute Gasteiger partial charge is 0.407 e. The summed E-state index contributed by atoms with van der Waals surface area (Å²) in [5.41, 5.74) is 5.96. The number of nitrogens with one attached hydrogen (secondary N) is 1. The summed E-state index contributed by atoms with van der Waals surface area (Å²) in [6.07, 6.45) is -0.630. The number of carbonyl (C=O) groups excluding carboxylic acids is 1. The standard InChI is InChI=1S/C26H21NO4S2/c28-25(29)23(16-9-11-32-14-16)24(17-10-12-33-15-17)27-26(30)31-13-22-20-7-3-1-5-18(20)19-6-2-4-8-21(19)22/h1-12,14-15,22-24H,13H2,(H,27,30)(H,28,29). The van der Waals surface area contributed by atoms with Crippen molar-refractivity contribution in [1.29, 1.82) is 0 Å². The maximum atomic E-state index is 12.9. The number of thiophene rings is 2. The number of benzene rings is 2. The van der Waals surface area contributed by atoms with Gasteiger partial charge in [-0.15, -0.1) is 0 Å². The first-order valence-electron chi connectivity index (χ1n) is 10.5. The van der Waals surface area contributed by atoms with E-state index in [4.69, 9.17) is 4.74 Å². The van der Waals surface area contributed by atoms with Crippen LogP contribution in [0.3, 0.4) is 0 Å². The fourth-order valence-electron chi connectivity index (χ4n) is 4.51. The van der Waals surface area contributed by atoms with Crippen LogP contribution in [0.5, 0.6) is 0 Å². The Bertz CT molecular complexity index is 1220. The van der Waals surface area contributed by atoms with Crippen LogP contribution < -0.4 is 5.32 Å². The lowest BCUT2D eigenvalue weighted by Crippen LogP contribution is -2.36. The minimum atomic E-state index is -0.997. The average molecular weight is 476 g/mol. The first kappa shape index (κ1) is 21.4. The van der Waals surface area contributed by atoms with Crippen molar-refractivity contribution in [2.24, 2.45) is 0 Å². The number of carboxylic acids is 1. The molecule has 0 bridgehead atoms. The van der Waals surface area contributed by atoms with Gasteiger partial charge in [0, 0.05) is 5.92 Å². The lowest BCUT2D eigenvalue weighted by Gasteiger charge is -2.24. The van der Waals surface area contributed by atoms with Gasteiger partial charge in [-0.05, 0) is 67.0 Å². The molecule has 166 valence electrons. The Morgan fingerprint density at radius 3 is 2.00 bits per heavy atom. The summed E-state index contributed by atoms with van der Waals surface area (Å²) in [5, 5.41) is 20.2. The normalized spacial score (nSPS) is 14.2. The zero-order valence-electron chi connectivity index (χ0n) is 17.5. The Hall–Kier alpha value is -3.42. The molecule has 2 atom stereocenters. The Labute approximate surface area is 199 Å². The van der Waals surface area contributed by atoms with Crippen molar-refractivity contribution in [3.63, 3.8) is 0 Å². The highest BCUT2D eigenvalue weighted by atomic mass is 32.1. The van der Waals surface area contributed by atoms with E-state index in [9.17, 15) is 14.7 Å². The molecule has 0 fully saturated rings. The second-order valence-electron chi connectivity index (χ2n) is 7.88. The van der Waals surface area contributed by atoms with Crippen molar-refractivity contribution in [1.82, 2.24) is 5.32 Å². The van der Waals surface area contributed by atoms with Gasteiger partial charge in [0.1, 0.15) is 12.5 Å². The van der Waals surface area contributed by atoms with Gasteiger partial charge < -0.3 is 15.2 Å². The maximum Gasteiger partial charge on any atom is 0.407 e. The van der Waals surface area contributed by atoms with Crippen molar-refractivity contribution in [2.75, 3.05) is 6.61 Å². The molecular formula is C26H21NO4S2. The Morgan fingerprint density at radius 1 is 0.879 bits per heavy atom. The molecule has 5 rings (SSSR count). The molecule has 33 heavy (non-hydrogen) atoms. The van der Waals surface area contributed by atoms with E-state index < -0.39 is 24.0 Å². The Kier molecular flexibility index (Phi) is 5.98. The number of hydrogen-bond acceptors (Lipinski definition) is 5. The van der Waals surface area contributed by atoms with Gasteiger partial charge >= 0.3 is 12.1 Å². The third-order valence-corrected chi connectivity index (χ3v) is 7.42. The third-order valence-electron chi connectivity index (χ3n) is 6.02. The molecule has 2 heterocycles. The summed E-state index contributed by atoms with van der Waals surface area (Å²) in [4.78, 5) is 25.1. The molecule has 1 aliphatic carbocycles. The molecule has 0 aliphatic heterocycles. The molecule has 2 aromatic heterocycles. The summed E-state index contributed by atoms with van der Waals surface area (Å²) in [7, 11) is 0. The van der Waals surface area contributed by atoms with E-state index in [1.165, 1.54) is 22.7 Å². The molecule has 5 nitrogen and oxygen atoms in total. The number of amides is 1. The van der Waals surface area contributed by atoms with Crippen molar-refractivity contribution >= 4 is 34.7 Å². The summed E-state index contributed by atoms with van der Waals surface area (Å²) in [6, 6.07) is 19.2. The number of rotatable bonds is 7. The third kappa shape index (κ3) is 4.17. The number of aliphatic carboxylic acids is 1. The molecule has 1 aliphatic rings. The summed E-state index contributed by atoms with van der Waals surface area (Å²) in [6.45, 7) is 0.173. The van der Waals surface area contributed by atoms with Crippen LogP contribution in [0.15, 0.2) is 82.2 Å². The van der Waals surface area contributed by atoms with Gasteiger partial charge in [0.2, 0.25) is 0 Å². The summed E-state index contributed by atoms with van der Waals surface area (Å²) in [5.74, 6) is -1.97. The minimum absolute atomic E-state index is 0.0603. The molecule has 0 saturated heterocycles. The first-order chi connectivity index (χ1) is 16.1. The molecule has 4 aromatic rings. The van der Waals surface area contributed by atoms with Gasteiger partial charge in [-0.3, -0.25) is 4.79 Å². The van der Waals surface area contributed by atoms with Crippen molar-refractivity contribution in [3.05, 3.63) is 104 Å². The van der Waals surface area contributed by atoms with Crippen molar-refractivity contribution in [2.45, 2.75) is 17.9 Å². The molecule has 2 N–H and O–H groups in total. The number of alkyl carbamates (subject to hydrolysis) is 1. The fourth-order valence-corrected chi connectivity index (χ4v) is 5.90. The number of ether oxygens (including phenoxy) is 1. The first-order valence-corrected chi connectivity index (χ1v) is 12.4. The zero-order valence-corrected chi connectivity index (χ0v) is 19.1. The van der Waals surface area contributed by atoms with Gasteiger partial charge in [0.15, 0.2) is 0 Å². The predicted octanol–water partition coefficient (Wildman–Crippen LogP) is 6.26. The molecular weight excluding hydrogens is 454 g/mol. The monoisotopic (exact) mass is 475 g/mol. The van der Waals surface area contributed by atoms with Crippen molar-refractivity contribution in [3.8, 4) is 11.1 Å². The van der Waals surface area contributed by atoms with E-state index in [-0.39, 0.29) is 12.5 Å². The van der Waals surface area contributed by atoms with Crippen molar-refractivity contribution < 1.29 is 19.4 Å². The van der Waals surface area contributed by atoms with Gasteiger partial charge in [-0.25, -0.2) is 4.79 Å². The molecule has 0 saturated carbocycles. The molecule has 7 heteroatoms. The van der Waals surface area contributed by atoms with E-state index in [0.29, 0.717) is 5.56 Å². The van der Waals surface area contributed by atoms with E-state index in [1.54, 1.807) is 11.4 Å². The van der Waals surface area contributed by atoms with Crippen LogP contribution in [-0.4, -0.2) is 23.8 Å². The topological polar surface area (TPSA) is 75.6 Å². The molecule has 2 unspecified atom stereocenters. The highest BCUT2D eigenvalue weighted by molar-refractivity contribution is 7.08. The number of carboxylic acid groups (broad SMARTS) is 1. The molecule has 0 spiro atoms. The van der Waals surface area contributed by atoms with Crippen LogP contribution >= 0.6 is 22.7 Å². The van der Waals surface area contributed by atoms with Crippen LogP contribution in [0.2, 0.25) is 0 Å². The van der Waals surface area contributed by atoms with E-state index in [2.05, 4.69) is 29.6 Å². The number of fused-ring (bicyclic) bond motifs is 3. The summed E-state index contributed by atoms with van der Waals surface area (Å²) < 4.78 is 5.68. The van der Waals surface area contributed by atoms with E-state index in [1.807, 2.05) is 46.5 Å². The van der Waals surface area contributed by atoms with Crippen LogP contribution in [-0.2, 0) is 9.53 Å². The van der Waals surface area contributed by atoms with Gasteiger partial charge in [0.25, 0.3) is 0 Å². The molecule has 1 amide bonds. The van der Waals surface area contributed by atoms with Gasteiger partial charge in [-0.1, -0.05) is 48.5 Å². The van der Waals surface area contributed by atoms with E-state index >= 15 is 0 Å². The minimum Gasteiger partial charge on any atom is -0.481 e. The second kappa shape index (κ2) is 9.21. The Balaban J connectivity index is 1.36. The number of hydrogen-bond donors (Lipinski definition) is 2. The second-order valence-corrected chi connectivity index (χ2v) is 9.44. The highest BCUT2D eigenvalue weighted by Gasteiger charge is 2.34.